The van der Waals surface area contributed by atoms with Gasteiger partial charge in [-0.05, 0) is 36.6 Å². The topological polar surface area (TPSA) is 90.9 Å². The average Bonchev–Trinajstić information content (AvgIpc) is 2.83. The van der Waals surface area contributed by atoms with E-state index in [9.17, 15) is 14.4 Å². The van der Waals surface area contributed by atoms with E-state index in [4.69, 9.17) is 14.2 Å². The van der Waals surface area contributed by atoms with Gasteiger partial charge in [-0.2, -0.15) is 0 Å². The molecule has 3 atom stereocenters. The van der Waals surface area contributed by atoms with Gasteiger partial charge in [0.15, 0.2) is 17.3 Å². The number of nitrogens with one attached hydrogen (secondary N) is 1. The van der Waals surface area contributed by atoms with E-state index in [0.29, 0.717) is 29.2 Å². The van der Waals surface area contributed by atoms with Crippen molar-refractivity contribution in [3.63, 3.8) is 0 Å². The number of carbonyl (C=O) groups is 3. The predicted molar refractivity (Wildman–Crippen MR) is 121 cm³/mol. The lowest BCUT2D eigenvalue weighted by molar-refractivity contribution is -0.152. The summed E-state index contributed by atoms with van der Waals surface area (Å²) in [5.74, 6) is -1.81. The number of Topliss-reactive ketones (excluding diaryl/α,β-unsaturated/α-hetero) is 1. The minimum atomic E-state index is -0.969. The lowest BCUT2D eigenvalue weighted by Gasteiger charge is -2.38. The maximum absolute atomic E-state index is 13.9. The van der Waals surface area contributed by atoms with Crippen LogP contribution in [0, 0.1) is 5.92 Å². The summed E-state index contributed by atoms with van der Waals surface area (Å²) >= 11 is 0. The molecule has 2 aromatic rings. The highest BCUT2D eigenvalue weighted by Gasteiger charge is 2.47. The SMILES string of the molecule is CCOC(=O)[C@H]1C(=O)C2=C(C[C@@H]1c1ccccc1)NC(=O)C[C@H]2c1ccc(OC)c(OC)c1. The van der Waals surface area contributed by atoms with Crippen LogP contribution in [-0.4, -0.2) is 38.5 Å². The standard InChI is InChI=1S/C26H27NO6/c1-4-33-26(30)24-17(15-8-6-5-7-9-15)13-19-23(25(24)29)18(14-22(28)27-19)16-10-11-20(31-2)21(12-16)32-3/h5-12,17-18,24H,4,13-14H2,1-3H3,(H,27,28)/t17-,18+,24-/m1/s1. The second kappa shape index (κ2) is 9.48. The summed E-state index contributed by atoms with van der Waals surface area (Å²) in [6.45, 7) is 1.91. The number of carbonyl (C=O) groups excluding carboxylic acids is 3. The summed E-state index contributed by atoms with van der Waals surface area (Å²) in [5, 5.41) is 2.90. The minimum Gasteiger partial charge on any atom is -0.493 e. The van der Waals surface area contributed by atoms with Crippen molar-refractivity contribution in [2.75, 3.05) is 20.8 Å². The zero-order valence-corrected chi connectivity index (χ0v) is 18.9. The van der Waals surface area contributed by atoms with E-state index in [1.165, 1.54) is 7.11 Å². The molecule has 172 valence electrons. The minimum absolute atomic E-state index is 0.103. The lowest BCUT2D eigenvalue weighted by Crippen LogP contribution is -2.44. The van der Waals surface area contributed by atoms with Gasteiger partial charge in [-0.15, -0.1) is 0 Å². The van der Waals surface area contributed by atoms with E-state index >= 15 is 0 Å². The summed E-state index contributed by atoms with van der Waals surface area (Å²) in [7, 11) is 3.08. The molecule has 1 N–H and O–H groups in total. The molecule has 2 aromatic carbocycles. The first kappa shape index (κ1) is 22.6. The van der Waals surface area contributed by atoms with Crippen molar-refractivity contribution in [2.45, 2.75) is 31.6 Å². The summed E-state index contributed by atoms with van der Waals surface area (Å²) in [6, 6.07) is 14.8. The van der Waals surface area contributed by atoms with Crippen LogP contribution in [0.5, 0.6) is 11.5 Å². The fourth-order valence-electron chi connectivity index (χ4n) is 4.82. The summed E-state index contributed by atoms with van der Waals surface area (Å²) < 4.78 is 16.1. The van der Waals surface area contributed by atoms with Gasteiger partial charge in [-0.1, -0.05) is 36.4 Å². The van der Waals surface area contributed by atoms with Crippen molar-refractivity contribution in [1.82, 2.24) is 5.32 Å². The van der Waals surface area contributed by atoms with Crippen LogP contribution in [0.1, 0.15) is 42.7 Å². The molecule has 0 saturated heterocycles. The monoisotopic (exact) mass is 449 g/mol. The van der Waals surface area contributed by atoms with Crippen LogP contribution in [0.4, 0.5) is 0 Å². The Morgan fingerprint density at radius 2 is 1.70 bits per heavy atom. The maximum Gasteiger partial charge on any atom is 0.317 e. The van der Waals surface area contributed by atoms with E-state index in [0.717, 1.165) is 11.1 Å². The van der Waals surface area contributed by atoms with E-state index < -0.39 is 23.7 Å². The largest absolute Gasteiger partial charge is 0.493 e. The van der Waals surface area contributed by atoms with Crippen LogP contribution < -0.4 is 14.8 Å². The van der Waals surface area contributed by atoms with Gasteiger partial charge in [-0.3, -0.25) is 14.4 Å². The normalized spacial score (nSPS) is 22.3. The van der Waals surface area contributed by atoms with Gasteiger partial charge in [-0.25, -0.2) is 0 Å². The molecule has 2 aliphatic rings. The number of rotatable bonds is 6. The van der Waals surface area contributed by atoms with Crippen molar-refractivity contribution in [2.24, 2.45) is 5.92 Å². The number of hydrogen-bond donors (Lipinski definition) is 1. The predicted octanol–water partition coefficient (Wildman–Crippen LogP) is 3.50. The molecule has 1 heterocycles. The second-order valence-electron chi connectivity index (χ2n) is 8.13. The Hall–Kier alpha value is -3.61. The summed E-state index contributed by atoms with van der Waals surface area (Å²) in [6.07, 6.45) is 0.468. The van der Waals surface area contributed by atoms with E-state index in [2.05, 4.69) is 5.32 Å². The van der Waals surface area contributed by atoms with E-state index in [1.54, 1.807) is 26.2 Å². The van der Waals surface area contributed by atoms with Gasteiger partial charge in [0.2, 0.25) is 5.91 Å². The average molecular weight is 450 g/mol. The molecule has 1 aliphatic carbocycles. The number of amides is 1. The number of hydrogen-bond acceptors (Lipinski definition) is 6. The van der Waals surface area contributed by atoms with Crippen LogP contribution in [0.3, 0.4) is 0 Å². The van der Waals surface area contributed by atoms with Gasteiger partial charge in [0.25, 0.3) is 0 Å². The quantitative estimate of drug-likeness (QED) is 0.536. The van der Waals surface area contributed by atoms with Crippen LogP contribution in [0.15, 0.2) is 59.8 Å². The smallest absolute Gasteiger partial charge is 0.317 e. The Morgan fingerprint density at radius 1 is 0.970 bits per heavy atom. The van der Waals surface area contributed by atoms with Crippen LogP contribution in [0.2, 0.25) is 0 Å². The first-order valence-corrected chi connectivity index (χ1v) is 11.0. The number of allylic oxidation sites excluding steroid dienone is 2. The van der Waals surface area contributed by atoms with E-state index in [1.807, 2.05) is 36.4 Å². The fourth-order valence-corrected chi connectivity index (χ4v) is 4.82. The van der Waals surface area contributed by atoms with Crippen molar-refractivity contribution >= 4 is 17.7 Å². The number of ketones is 1. The molecule has 4 rings (SSSR count). The third kappa shape index (κ3) is 4.23. The van der Waals surface area contributed by atoms with Crippen molar-refractivity contribution in [1.29, 1.82) is 0 Å². The highest BCUT2D eigenvalue weighted by Crippen LogP contribution is 2.46. The van der Waals surface area contributed by atoms with Crippen LogP contribution in [0.25, 0.3) is 0 Å². The third-order valence-electron chi connectivity index (χ3n) is 6.31. The van der Waals surface area contributed by atoms with Crippen LogP contribution in [-0.2, 0) is 19.1 Å². The molecular weight excluding hydrogens is 422 g/mol. The number of benzene rings is 2. The molecule has 0 fully saturated rings. The zero-order valence-electron chi connectivity index (χ0n) is 18.9. The highest BCUT2D eigenvalue weighted by molar-refractivity contribution is 6.12. The molecule has 33 heavy (non-hydrogen) atoms. The summed E-state index contributed by atoms with van der Waals surface area (Å²) in [5.41, 5.74) is 2.65. The molecule has 0 radical (unpaired) electrons. The zero-order chi connectivity index (χ0) is 23.5. The Bertz CT molecular complexity index is 1110. The third-order valence-corrected chi connectivity index (χ3v) is 6.31. The molecule has 0 spiro atoms. The Morgan fingerprint density at radius 3 is 2.36 bits per heavy atom. The Kier molecular flexibility index (Phi) is 6.49. The van der Waals surface area contributed by atoms with Crippen LogP contribution >= 0.6 is 0 Å². The fraction of sp³-hybridized carbons (Fsp3) is 0.346. The number of methoxy groups -OCH3 is 2. The van der Waals surface area contributed by atoms with Gasteiger partial charge in [0.1, 0.15) is 5.92 Å². The van der Waals surface area contributed by atoms with Gasteiger partial charge in [0, 0.05) is 29.5 Å². The lowest BCUT2D eigenvalue weighted by atomic mass is 9.68. The first-order chi connectivity index (χ1) is 16.0. The van der Waals surface area contributed by atoms with Gasteiger partial charge >= 0.3 is 5.97 Å². The Balaban J connectivity index is 1.82. The first-order valence-electron chi connectivity index (χ1n) is 11.0. The summed E-state index contributed by atoms with van der Waals surface area (Å²) in [4.78, 5) is 39.5. The maximum atomic E-state index is 13.9. The molecule has 0 unspecified atom stereocenters. The van der Waals surface area contributed by atoms with Gasteiger partial charge in [0.05, 0.1) is 20.8 Å². The van der Waals surface area contributed by atoms with E-state index in [-0.39, 0.29) is 24.7 Å². The number of ether oxygens (including phenoxy) is 3. The number of esters is 1. The molecule has 0 bridgehead atoms. The molecule has 1 aliphatic heterocycles. The Labute approximate surface area is 192 Å². The molecule has 7 nitrogen and oxygen atoms in total. The molecule has 7 heteroatoms. The highest BCUT2D eigenvalue weighted by atomic mass is 16.5. The molecule has 1 amide bonds. The molecule has 0 aromatic heterocycles. The van der Waals surface area contributed by atoms with Crippen molar-refractivity contribution in [3.8, 4) is 11.5 Å². The van der Waals surface area contributed by atoms with Crippen molar-refractivity contribution in [3.05, 3.63) is 70.9 Å². The second-order valence-corrected chi connectivity index (χ2v) is 8.13. The molecular formula is C26H27NO6. The van der Waals surface area contributed by atoms with Crippen molar-refractivity contribution < 1.29 is 28.6 Å². The van der Waals surface area contributed by atoms with Gasteiger partial charge < -0.3 is 19.5 Å². The molecule has 0 saturated carbocycles.